The van der Waals surface area contributed by atoms with E-state index in [1.54, 1.807) is 31.1 Å². The summed E-state index contributed by atoms with van der Waals surface area (Å²) >= 11 is 0. The Kier molecular flexibility index (Phi) is 3.19. The monoisotopic (exact) mass is 285 g/mol. The number of aromatic amines is 1. The van der Waals surface area contributed by atoms with E-state index in [-0.39, 0.29) is 12.1 Å². The van der Waals surface area contributed by atoms with Crippen LogP contribution in [0.4, 0.5) is 0 Å². The van der Waals surface area contributed by atoms with Crippen molar-refractivity contribution in [3.63, 3.8) is 0 Å². The fraction of sp³-hybridized carbons (Fsp3) is 0.214. The number of hydrogen-bond donors (Lipinski definition) is 2. The van der Waals surface area contributed by atoms with E-state index in [1.165, 1.54) is 0 Å². The summed E-state index contributed by atoms with van der Waals surface area (Å²) in [5.41, 5.74) is 7.86. The molecule has 1 aromatic carbocycles. The molecule has 7 nitrogen and oxygen atoms in total. The molecule has 3 rings (SSSR count). The number of benzene rings is 1. The number of nitrogens with two attached hydrogens (primary N) is 1. The highest BCUT2D eigenvalue weighted by atomic mass is 16.5. The number of nitrogens with zero attached hydrogens (tertiary/aromatic N) is 3. The third-order valence-corrected chi connectivity index (χ3v) is 3.45. The molecule has 3 N–H and O–H groups in total. The highest BCUT2D eigenvalue weighted by molar-refractivity contribution is 5.88. The summed E-state index contributed by atoms with van der Waals surface area (Å²) in [6.45, 7) is 0.251. The van der Waals surface area contributed by atoms with Gasteiger partial charge in [-0.1, -0.05) is 6.07 Å². The predicted octanol–water partition coefficient (Wildman–Crippen LogP) is 0.791. The summed E-state index contributed by atoms with van der Waals surface area (Å²) in [6, 6.07) is 5.51. The van der Waals surface area contributed by atoms with E-state index in [9.17, 15) is 4.79 Å². The first kappa shape index (κ1) is 13.3. The summed E-state index contributed by atoms with van der Waals surface area (Å²) in [5.74, 6) is 0.654. The number of hydrogen-bond acceptors (Lipinski definition) is 5. The molecule has 2 aromatic heterocycles. The fourth-order valence-electron chi connectivity index (χ4n) is 2.41. The second kappa shape index (κ2) is 5.02. The number of aromatic nitrogens is 4. The average molecular weight is 285 g/mol. The molecule has 0 saturated heterocycles. The molecular formula is C14H15N5O2. The summed E-state index contributed by atoms with van der Waals surface area (Å²) in [6.07, 6.45) is 1.72. The van der Waals surface area contributed by atoms with Gasteiger partial charge in [0.2, 0.25) is 5.88 Å². The summed E-state index contributed by atoms with van der Waals surface area (Å²) in [7, 11) is 3.40. The molecule has 0 unspecified atom stereocenters. The molecule has 0 spiro atoms. The van der Waals surface area contributed by atoms with Gasteiger partial charge in [0.05, 0.1) is 30.0 Å². The van der Waals surface area contributed by atoms with Crippen LogP contribution in [0.15, 0.2) is 29.2 Å². The Hall–Kier alpha value is -2.67. The first-order valence-corrected chi connectivity index (χ1v) is 6.43. The van der Waals surface area contributed by atoms with Gasteiger partial charge in [-0.05, 0) is 17.7 Å². The molecule has 108 valence electrons. The molecule has 0 fully saturated rings. The maximum Gasteiger partial charge on any atom is 0.272 e. The molecule has 0 atom stereocenters. The average Bonchev–Trinajstić information content (AvgIpc) is 2.88. The van der Waals surface area contributed by atoms with E-state index in [1.807, 2.05) is 12.1 Å². The van der Waals surface area contributed by atoms with E-state index >= 15 is 0 Å². The van der Waals surface area contributed by atoms with Crippen LogP contribution in [0.1, 0.15) is 5.69 Å². The third kappa shape index (κ3) is 2.07. The van der Waals surface area contributed by atoms with E-state index in [0.717, 1.165) is 16.5 Å². The van der Waals surface area contributed by atoms with Crippen molar-refractivity contribution in [2.24, 2.45) is 12.8 Å². The Labute approximate surface area is 120 Å². The van der Waals surface area contributed by atoms with Crippen molar-refractivity contribution in [1.82, 2.24) is 20.0 Å². The maximum absolute atomic E-state index is 11.8. The number of rotatable bonds is 3. The van der Waals surface area contributed by atoms with Gasteiger partial charge in [-0.3, -0.25) is 4.79 Å². The molecule has 0 saturated carbocycles. The van der Waals surface area contributed by atoms with Crippen LogP contribution in [0.25, 0.3) is 21.9 Å². The second-order valence-electron chi connectivity index (χ2n) is 4.66. The van der Waals surface area contributed by atoms with E-state index in [4.69, 9.17) is 10.5 Å². The van der Waals surface area contributed by atoms with Crippen molar-refractivity contribution in [1.29, 1.82) is 0 Å². The first-order chi connectivity index (χ1) is 10.2. The predicted molar refractivity (Wildman–Crippen MR) is 79.0 cm³/mol. The minimum absolute atomic E-state index is 0.230. The highest BCUT2D eigenvalue weighted by Crippen LogP contribution is 2.31. The molecule has 0 aliphatic carbocycles. The fourth-order valence-corrected chi connectivity index (χ4v) is 2.41. The summed E-state index contributed by atoms with van der Waals surface area (Å²) in [4.78, 5) is 11.8. The van der Waals surface area contributed by atoms with Crippen LogP contribution < -0.4 is 16.0 Å². The van der Waals surface area contributed by atoms with Gasteiger partial charge in [-0.25, -0.2) is 9.78 Å². The van der Waals surface area contributed by atoms with Crippen LogP contribution in [0.5, 0.6) is 5.88 Å². The number of methoxy groups -OCH3 is 1. The van der Waals surface area contributed by atoms with Crippen LogP contribution in [-0.2, 0) is 13.6 Å². The second-order valence-corrected chi connectivity index (χ2v) is 4.66. The number of aryl methyl sites for hydroxylation is 1. The number of H-pyrrole nitrogens is 1. The van der Waals surface area contributed by atoms with Gasteiger partial charge in [0.1, 0.15) is 0 Å². The molecule has 0 aliphatic rings. The maximum atomic E-state index is 11.8. The molecule has 0 radical (unpaired) electrons. The van der Waals surface area contributed by atoms with E-state index in [2.05, 4.69) is 15.3 Å². The molecule has 7 heteroatoms. The Balaban J connectivity index is 2.28. The van der Waals surface area contributed by atoms with Crippen LogP contribution in [0.2, 0.25) is 0 Å². The van der Waals surface area contributed by atoms with Crippen molar-refractivity contribution in [3.8, 4) is 17.0 Å². The number of ether oxygens (including phenoxy) is 1. The van der Waals surface area contributed by atoms with Crippen molar-refractivity contribution in [3.05, 3.63) is 40.4 Å². The summed E-state index contributed by atoms with van der Waals surface area (Å²) in [5, 5.41) is 11.9. The van der Waals surface area contributed by atoms with Gasteiger partial charge in [-0.15, -0.1) is 0 Å². The zero-order valence-corrected chi connectivity index (χ0v) is 11.8. The van der Waals surface area contributed by atoms with Gasteiger partial charge >= 0.3 is 0 Å². The van der Waals surface area contributed by atoms with Crippen molar-refractivity contribution in [2.45, 2.75) is 6.54 Å². The van der Waals surface area contributed by atoms with Gasteiger partial charge in [0.15, 0.2) is 0 Å². The largest absolute Gasteiger partial charge is 0.481 e. The van der Waals surface area contributed by atoms with Crippen molar-refractivity contribution < 1.29 is 4.74 Å². The lowest BCUT2D eigenvalue weighted by Gasteiger charge is -2.07. The Morgan fingerprint density at radius 1 is 1.38 bits per heavy atom. The molecular weight excluding hydrogens is 270 g/mol. The lowest BCUT2D eigenvalue weighted by molar-refractivity contribution is 0.375. The first-order valence-electron chi connectivity index (χ1n) is 6.43. The number of nitrogens with one attached hydrogen (secondary N) is 1. The summed E-state index contributed by atoms with van der Waals surface area (Å²) < 4.78 is 7.01. The van der Waals surface area contributed by atoms with Gasteiger partial charge < -0.3 is 10.5 Å². The highest BCUT2D eigenvalue weighted by Gasteiger charge is 2.13. The van der Waals surface area contributed by atoms with Gasteiger partial charge in [0.25, 0.3) is 5.56 Å². The number of fused-ring (bicyclic) bond motifs is 1. The van der Waals surface area contributed by atoms with Crippen molar-refractivity contribution >= 4 is 10.8 Å². The minimum Gasteiger partial charge on any atom is -0.481 e. The molecule has 0 amide bonds. The zero-order valence-electron chi connectivity index (χ0n) is 11.8. The third-order valence-electron chi connectivity index (χ3n) is 3.45. The van der Waals surface area contributed by atoms with E-state index in [0.29, 0.717) is 17.0 Å². The quantitative estimate of drug-likeness (QED) is 0.741. The van der Waals surface area contributed by atoms with E-state index < -0.39 is 0 Å². The van der Waals surface area contributed by atoms with Crippen molar-refractivity contribution in [2.75, 3.05) is 7.11 Å². The van der Waals surface area contributed by atoms with Crippen LogP contribution in [0, 0.1) is 0 Å². The SMILES string of the molecule is COc1c(-c2ccc3c(=O)[nH]nc(CN)c3c2)cnn1C. The zero-order chi connectivity index (χ0) is 15.0. The lowest BCUT2D eigenvalue weighted by Crippen LogP contribution is -2.13. The van der Waals surface area contributed by atoms with Gasteiger partial charge in [0, 0.05) is 19.0 Å². The lowest BCUT2D eigenvalue weighted by atomic mass is 10.0. The smallest absolute Gasteiger partial charge is 0.272 e. The topological polar surface area (TPSA) is 98.8 Å². The Morgan fingerprint density at radius 2 is 2.19 bits per heavy atom. The molecule has 21 heavy (non-hydrogen) atoms. The molecule has 0 aliphatic heterocycles. The van der Waals surface area contributed by atoms with Crippen LogP contribution in [0.3, 0.4) is 0 Å². The van der Waals surface area contributed by atoms with Crippen LogP contribution in [-0.4, -0.2) is 27.1 Å². The molecule has 3 aromatic rings. The molecule has 2 heterocycles. The molecule has 0 bridgehead atoms. The normalized spacial score (nSPS) is 11.0. The van der Waals surface area contributed by atoms with Gasteiger partial charge in [-0.2, -0.15) is 10.2 Å². The van der Waals surface area contributed by atoms with Crippen LogP contribution >= 0.6 is 0 Å². The Bertz CT molecular complexity index is 865. The Morgan fingerprint density at radius 3 is 2.90 bits per heavy atom. The minimum atomic E-state index is -0.230. The standard InChI is InChI=1S/C14H15N5O2/c1-19-14(21-2)11(7-16-19)8-3-4-9-10(5-8)12(6-15)17-18-13(9)20/h3-5,7H,6,15H2,1-2H3,(H,18,20).